The van der Waals surface area contributed by atoms with Gasteiger partial charge in [0.15, 0.2) is 0 Å². The summed E-state index contributed by atoms with van der Waals surface area (Å²) in [6, 6.07) is 1.36. The predicted octanol–water partition coefficient (Wildman–Crippen LogP) is 4.53. The summed E-state index contributed by atoms with van der Waals surface area (Å²) >= 11 is 0. The molecule has 1 spiro atoms. The third-order valence-electron chi connectivity index (χ3n) is 5.88. The summed E-state index contributed by atoms with van der Waals surface area (Å²) in [5.41, 5.74) is 0.470. The van der Waals surface area contributed by atoms with Gasteiger partial charge < -0.3 is 10.1 Å². The van der Waals surface area contributed by atoms with Gasteiger partial charge in [-0.05, 0) is 45.4 Å². The standard InChI is InChI=1S/C18H35NO/c1-5-14(3)12-15(4)19-16-13-17(20-6-2)18(16)10-8-7-9-11-18/h14-17,19H,5-13H2,1-4H3. The molecule has 2 nitrogen and oxygen atoms in total. The van der Waals surface area contributed by atoms with E-state index in [1.54, 1.807) is 0 Å². The van der Waals surface area contributed by atoms with Gasteiger partial charge in [-0.25, -0.2) is 0 Å². The lowest BCUT2D eigenvalue weighted by Gasteiger charge is -2.58. The molecule has 0 heterocycles. The maximum atomic E-state index is 6.05. The van der Waals surface area contributed by atoms with Crippen molar-refractivity contribution in [2.75, 3.05) is 6.61 Å². The first kappa shape index (κ1) is 16.3. The number of hydrogen-bond acceptors (Lipinski definition) is 2. The largest absolute Gasteiger partial charge is 0.378 e. The number of rotatable bonds is 7. The minimum absolute atomic E-state index is 0.470. The van der Waals surface area contributed by atoms with Crippen LogP contribution in [0.4, 0.5) is 0 Å². The van der Waals surface area contributed by atoms with Gasteiger partial charge in [-0.3, -0.25) is 0 Å². The minimum Gasteiger partial charge on any atom is -0.378 e. The Hall–Kier alpha value is -0.0800. The van der Waals surface area contributed by atoms with Crippen LogP contribution in [-0.4, -0.2) is 24.8 Å². The molecule has 118 valence electrons. The van der Waals surface area contributed by atoms with Crippen LogP contribution in [0, 0.1) is 11.3 Å². The monoisotopic (exact) mass is 281 g/mol. The summed E-state index contributed by atoms with van der Waals surface area (Å²) < 4.78 is 6.05. The smallest absolute Gasteiger partial charge is 0.0661 e. The Morgan fingerprint density at radius 1 is 1.15 bits per heavy atom. The molecular formula is C18H35NO. The van der Waals surface area contributed by atoms with Gasteiger partial charge in [-0.2, -0.15) is 0 Å². The fourth-order valence-electron chi connectivity index (χ4n) is 4.48. The van der Waals surface area contributed by atoms with Crippen molar-refractivity contribution >= 4 is 0 Å². The summed E-state index contributed by atoms with van der Waals surface area (Å²) in [6.07, 6.45) is 11.4. The van der Waals surface area contributed by atoms with Crippen LogP contribution < -0.4 is 5.32 Å². The predicted molar refractivity (Wildman–Crippen MR) is 86.0 cm³/mol. The van der Waals surface area contributed by atoms with Crippen molar-refractivity contribution in [2.24, 2.45) is 11.3 Å². The van der Waals surface area contributed by atoms with Gasteiger partial charge in [-0.15, -0.1) is 0 Å². The fraction of sp³-hybridized carbons (Fsp3) is 1.00. The van der Waals surface area contributed by atoms with Crippen molar-refractivity contribution in [2.45, 2.75) is 97.2 Å². The summed E-state index contributed by atoms with van der Waals surface area (Å²) in [6.45, 7) is 10.1. The lowest BCUT2D eigenvalue weighted by molar-refractivity contribution is -0.152. The Morgan fingerprint density at radius 2 is 1.85 bits per heavy atom. The molecular weight excluding hydrogens is 246 g/mol. The summed E-state index contributed by atoms with van der Waals surface area (Å²) in [5, 5.41) is 3.95. The Labute approximate surface area is 126 Å². The first-order chi connectivity index (χ1) is 9.62. The average Bonchev–Trinajstić information content (AvgIpc) is 2.47. The Kier molecular flexibility index (Phi) is 5.92. The van der Waals surface area contributed by atoms with Crippen molar-refractivity contribution < 1.29 is 4.74 Å². The molecule has 0 aliphatic heterocycles. The van der Waals surface area contributed by atoms with E-state index in [4.69, 9.17) is 4.74 Å². The molecule has 2 rings (SSSR count). The molecule has 0 aromatic heterocycles. The van der Waals surface area contributed by atoms with Crippen LogP contribution in [-0.2, 0) is 4.74 Å². The van der Waals surface area contributed by atoms with Gasteiger partial charge in [0.1, 0.15) is 0 Å². The molecule has 0 radical (unpaired) electrons. The van der Waals surface area contributed by atoms with E-state index in [1.807, 2.05) is 0 Å². The zero-order valence-corrected chi connectivity index (χ0v) is 14.1. The number of ether oxygens (including phenoxy) is 1. The van der Waals surface area contributed by atoms with Crippen molar-refractivity contribution in [1.82, 2.24) is 5.32 Å². The zero-order valence-electron chi connectivity index (χ0n) is 14.1. The highest BCUT2D eigenvalue weighted by atomic mass is 16.5. The maximum Gasteiger partial charge on any atom is 0.0661 e. The summed E-state index contributed by atoms with van der Waals surface area (Å²) in [7, 11) is 0. The Bertz CT molecular complexity index is 285. The zero-order chi connectivity index (χ0) is 14.6. The Balaban J connectivity index is 1.90. The highest BCUT2D eigenvalue weighted by Crippen LogP contribution is 2.53. The topological polar surface area (TPSA) is 21.3 Å². The SMILES string of the molecule is CCOC1CC(NC(C)CC(C)CC)C12CCCCC2. The van der Waals surface area contributed by atoms with Gasteiger partial charge in [0.2, 0.25) is 0 Å². The van der Waals surface area contributed by atoms with E-state index in [-0.39, 0.29) is 0 Å². The second kappa shape index (κ2) is 7.26. The van der Waals surface area contributed by atoms with Crippen molar-refractivity contribution in [3.63, 3.8) is 0 Å². The first-order valence-electron chi connectivity index (χ1n) is 9.00. The summed E-state index contributed by atoms with van der Waals surface area (Å²) in [5.74, 6) is 0.836. The van der Waals surface area contributed by atoms with E-state index in [2.05, 4.69) is 33.0 Å². The molecule has 0 aromatic carbocycles. The maximum absolute atomic E-state index is 6.05. The molecule has 0 bridgehead atoms. The molecule has 2 aliphatic rings. The lowest BCUT2D eigenvalue weighted by atomic mass is 9.55. The lowest BCUT2D eigenvalue weighted by Crippen LogP contribution is -2.65. The van der Waals surface area contributed by atoms with Crippen LogP contribution in [0.1, 0.15) is 79.1 Å². The van der Waals surface area contributed by atoms with E-state index in [0.717, 1.165) is 12.5 Å². The molecule has 4 unspecified atom stereocenters. The van der Waals surface area contributed by atoms with E-state index in [1.165, 1.54) is 51.4 Å². The van der Waals surface area contributed by atoms with Crippen molar-refractivity contribution in [1.29, 1.82) is 0 Å². The Morgan fingerprint density at radius 3 is 2.45 bits per heavy atom. The van der Waals surface area contributed by atoms with Crippen LogP contribution in [0.5, 0.6) is 0 Å². The average molecular weight is 281 g/mol. The second-order valence-corrected chi connectivity index (χ2v) is 7.34. The highest BCUT2D eigenvalue weighted by Gasteiger charge is 2.55. The van der Waals surface area contributed by atoms with Gasteiger partial charge >= 0.3 is 0 Å². The van der Waals surface area contributed by atoms with Gasteiger partial charge in [0, 0.05) is 24.1 Å². The van der Waals surface area contributed by atoms with Crippen molar-refractivity contribution in [3.05, 3.63) is 0 Å². The molecule has 2 aliphatic carbocycles. The van der Waals surface area contributed by atoms with Crippen LogP contribution in [0.2, 0.25) is 0 Å². The normalized spacial score (nSPS) is 31.8. The highest BCUT2D eigenvalue weighted by molar-refractivity contribution is 5.09. The van der Waals surface area contributed by atoms with E-state index in [9.17, 15) is 0 Å². The van der Waals surface area contributed by atoms with E-state index >= 15 is 0 Å². The fourth-order valence-corrected chi connectivity index (χ4v) is 4.48. The molecule has 4 atom stereocenters. The summed E-state index contributed by atoms with van der Waals surface area (Å²) in [4.78, 5) is 0. The molecule has 0 saturated heterocycles. The second-order valence-electron chi connectivity index (χ2n) is 7.34. The molecule has 0 aromatic rings. The van der Waals surface area contributed by atoms with Crippen LogP contribution in [0.25, 0.3) is 0 Å². The number of hydrogen-bond donors (Lipinski definition) is 1. The van der Waals surface area contributed by atoms with Gasteiger partial charge in [-0.1, -0.05) is 39.5 Å². The first-order valence-corrected chi connectivity index (χ1v) is 9.00. The molecule has 0 amide bonds. The van der Waals surface area contributed by atoms with Crippen LogP contribution >= 0.6 is 0 Å². The van der Waals surface area contributed by atoms with Crippen molar-refractivity contribution in [3.8, 4) is 0 Å². The van der Waals surface area contributed by atoms with Crippen LogP contribution in [0.3, 0.4) is 0 Å². The molecule has 2 heteroatoms. The molecule has 20 heavy (non-hydrogen) atoms. The molecule has 2 fully saturated rings. The quantitative estimate of drug-likeness (QED) is 0.740. The van der Waals surface area contributed by atoms with Gasteiger partial charge in [0.05, 0.1) is 6.10 Å². The molecule has 2 saturated carbocycles. The minimum atomic E-state index is 0.470. The van der Waals surface area contributed by atoms with Gasteiger partial charge in [0.25, 0.3) is 0 Å². The third kappa shape index (κ3) is 3.39. The van der Waals surface area contributed by atoms with E-state index in [0.29, 0.717) is 23.6 Å². The third-order valence-corrected chi connectivity index (χ3v) is 5.88. The number of nitrogens with one attached hydrogen (secondary N) is 1. The van der Waals surface area contributed by atoms with Crippen LogP contribution in [0.15, 0.2) is 0 Å². The molecule has 1 N–H and O–H groups in total. The van der Waals surface area contributed by atoms with E-state index < -0.39 is 0 Å².